The molecule has 0 bridgehead atoms. The van der Waals surface area contributed by atoms with Crippen molar-refractivity contribution >= 4 is 22.6 Å². The van der Waals surface area contributed by atoms with Crippen molar-refractivity contribution in [3.8, 4) is 0 Å². The number of H-pyrrole nitrogens is 1. The lowest BCUT2D eigenvalue weighted by Crippen LogP contribution is -2.38. The van der Waals surface area contributed by atoms with Crippen LogP contribution in [0.1, 0.15) is 12.5 Å². The van der Waals surface area contributed by atoms with E-state index in [-0.39, 0.29) is 10.8 Å². The molecular formula is C20H19N3O5. The Bertz CT molecular complexity index is 1120. The Morgan fingerprint density at radius 3 is 2.39 bits per heavy atom. The third-order valence-electron chi connectivity index (χ3n) is 4.16. The molecule has 1 amide bonds. The Labute approximate surface area is 159 Å². The molecule has 1 atom stereocenters. The van der Waals surface area contributed by atoms with Gasteiger partial charge < -0.3 is 10.1 Å². The highest BCUT2D eigenvalue weighted by molar-refractivity contribution is 5.83. The molecule has 8 nitrogen and oxygen atoms in total. The second-order valence-corrected chi connectivity index (χ2v) is 6.21. The Kier molecular flexibility index (Phi) is 5.69. The predicted octanol–water partition coefficient (Wildman–Crippen LogP) is 0.938. The SMILES string of the molecule is CC(OC(=O)Cn1[nH]c(=O)c2ccccc2c1=O)C(=O)NCc1ccccc1. The molecule has 0 aliphatic rings. The van der Waals surface area contributed by atoms with Crippen LogP contribution < -0.4 is 16.4 Å². The van der Waals surface area contributed by atoms with Crippen molar-refractivity contribution < 1.29 is 14.3 Å². The number of amides is 1. The number of nitrogens with zero attached hydrogens (tertiary/aromatic N) is 1. The number of nitrogens with one attached hydrogen (secondary N) is 2. The zero-order valence-electron chi connectivity index (χ0n) is 15.2. The average molecular weight is 381 g/mol. The molecule has 0 aliphatic heterocycles. The maximum absolute atomic E-state index is 12.4. The van der Waals surface area contributed by atoms with Gasteiger partial charge in [-0.25, -0.2) is 4.68 Å². The van der Waals surface area contributed by atoms with Crippen molar-refractivity contribution in [1.29, 1.82) is 0 Å². The van der Waals surface area contributed by atoms with Crippen molar-refractivity contribution in [3.05, 3.63) is 80.9 Å². The predicted molar refractivity (Wildman–Crippen MR) is 103 cm³/mol. The van der Waals surface area contributed by atoms with Gasteiger partial charge in [-0.05, 0) is 24.6 Å². The van der Waals surface area contributed by atoms with Crippen LogP contribution in [-0.2, 0) is 27.4 Å². The number of hydrogen-bond acceptors (Lipinski definition) is 5. The molecule has 28 heavy (non-hydrogen) atoms. The van der Waals surface area contributed by atoms with Crippen LogP contribution in [0.3, 0.4) is 0 Å². The van der Waals surface area contributed by atoms with Gasteiger partial charge in [-0.15, -0.1) is 0 Å². The van der Waals surface area contributed by atoms with Crippen molar-refractivity contribution in [2.45, 2.75) is 26.1 Å². The molecule has 1 heterocycles. The number of esters is 1. The smallest absolute Gasteiger partial charge is 0.328 e. The first-order chi connectivity index (χ1) is 13.5. The summed E-state index contributed by atoms with van der Waals surface area (Å²) in [6.45, 7) is 1.23. The lowest BCUT2D eigenvalue weighted by molar-refractivity contribution is -0.155. The van der Waals surface area contributed by atoms with Crippen LogP contribution in [0.15, 0.2) is 64.2 Å². The lowest BCUT2D eigenvalue weighted by atomic mass is 10.2. The third kappa shape index (κ3) is 4.35. The highest BCUT2D eigenvalue weighted by Crippen LogP contribution is 2.03. The summed E-state index contributed by atoms with van der Waals surface area (Å²) < 4.78 is 5.96. The minimum Gasteiger partial charge on any atom is -0.451 e. The molecule has 2 N–H and O–H groups in total. The Morgan fingerprint density at radius 2 is 1.68 bits per heavy atom. The van der Waals surface area contributed by atoms with Crippen LogP contribution in [0, 0.1) is 0 Å². The van der Waals surface area contributed by atoms with E-state index in [0.29, 0.717) is 6.54 Å². The van der Waals surface area contributed by atoms with Crippen LogP contribution in [0.2, 0.25) is 0 Å². The van der Waals surface area contributed by atoms with Crippen LogP contribution in [0.25, 0.3) is 10.8 Å². The first-order valence-corrected chi connectivity index (χ1v) is 8.68. The standard InChI is InChI=1S/C20H19N3O5/c1-13(18(25)21-11-14-7-3-2-4-8-14)28-17(24)12-23-20(27)16-10-6-5-9-15(16)19(26)22-23/h2-10,13H,11-12H2,1H3,(H,21,25)(H,22,26). The molecular weight excluding hydrogens is 362 g/mol. The zero-order valence-corrected chi connectivity index (χ0v) is 15.2. The van der Waals surface area contributed by atoms with E-state index in [2.05, 4.69) is 10.4 Å². The van der Waals surface area contributed by atoms with Gasteiger partial charge in [0.2, 0.25) is 0 Å². The van der Waals surface area contributed by atoms with Gasteiger partial charge in [-0.3, -0.25) is 24.3 Å². The van der Waals surface area contributed by atoms with Crippen LogP contribution in [0.5, 0.6) is 0 Å². The van der Waals surface area contributed by atoms with E-state index in [4.69, 9.17) is 4.74 Å². The van der Waals surface area contributed by atoms with Crippen molar-refractivity contribution in [2.75, 3.05) is 0 Å². The Balaban J connectivity index is 1.63. The minimum absolute atomic E-state index is 0.202. The van der Waals surface area contributed by atoms with Gasteiger partial charge in [0, 0.05) is 6.54 Å². The number of ether oxygens (including phenoxy) is 1. The summed E-state index contributed by atoms with van der Waals surface area (Å²) in [4.78, 5) is 48.7. The summed E-state index contributed by atoms with van der Waals surface area (Å²) >= 11 is 0. The highest BCUT2D eigenvalue weighted by Gasteiger charge is 2.19. The Hall–Kier alpha value is -3.68. The van der Waals surface area contributed by atoms with Gasteiger partial charge in [0.25, 0.3) is 17.0 Å². The maximum atomic E-state index is 12.4. The molecule has 3 rings (SSSR count). The topological polar surface area (TPSA) is 110 Å². The van der Waals surface area contributed by atoms with Gasteiger partial charge in [-0.1, -0.05) is 42.5 Å². The molecule has 0 fully saturated rings. The van der Waals surface area contributed by atoms with Crippen molar-refractivity contribution in [2.24, 2.45) is 0 Å². The number of benzene rings is 2. The van der Waals surface area contributed by atoms with Gasteiger partial charge in [-0.2, -0.15) is 0 Å². The third-order valence-corrected chi connectivity index (χ3v) is 4.16. The summed E-state index contributed by atoms with van der Waals surface area (Å²) in [5.41, 5.74) is -0.0975. The number of hydrogen-bond donors (Lipinski definition) is 2. The molecule has 0 saturated carbocycles. The number of rotatable bonds is 6. The fourth-order valence-electron chi connectivity index (χ4n) is 2.70. The maximum Gasteiger partial charge on any atom is 0.328 e. The molecule has 0 saturated heterocycles. The van der Waals surface area contributed by atoms with E-state index < -0.39 is 35.6 Å². The molecule has 0 radical (unpaired) electrons. The summed E-state index contributed by atoms with van der Waals surface area (Å²) in [6, 6.07) is 15.6. The van der Waals surface area contributed by atoms with Gasteiger partial charge in [0.05, 0.1) is 10.8 Å². The fraction of sp³-hybridized carbons (Fsp3) is 0.200. The Morgan fingerprint density at radius 1 is 1.04 bits per heavy atom. The number of carbonyl (C=O) groups excluding carboxylic acids is 2. The average Bonchev–Trinajstić information content (AvgIpc) is 2.70. The number of fused-ring (bicyclic) bond motifs is 1. The first-order valence-electron chi connectivity index (χ1n) is 8.68. The quantitative estimate of drug-likeness (QED) is 0.618. The lowest BCUT2D eigenvalue weighted by Gasteiger charge is -2.14. The van der Waals surface area contributed by atoms with E-state index in [1.807, 2.05) is 30.3 Å². The first kappa shape index (κ1) is 19.1. The van der Waals surface area contributed by atoms with Crippen LogP contribution in [-0.4, -0.2) is 27.8 Å². The van der Waals surface area contributed by atoms with Crippen LogP contribution >= 0.6 is 0 Å². The van der Waals surface area contributed by atoms with E-state index in [9.17, 15) is 19.2 Å². The second-order valence-electron chi connectivity index (χ2n) is 6.21. The monoisotopic (exact) mass is 381 g/mol. The van der Waals surface area contributed by atoms with Crippen molar-refractivity contribution in [3.63, 3.8) is 0 Å². The van der Waals surface area contributed by atoms with Gasteiger partial charge in [0.15, 0.2) is 6.10 Å². The summed E-state index contributed by atoms with van der Waals surface area (Å²) in [5, 5.41) is 5.46. The molecule has 144 valence electrons. The molecule has 2 aromatic carbocycles. The van der Waals surface area contributed by atoms with E-state index in [1.54, 1.807) is 12.1 Å². The minimum atomic E-state index is -1.04. The molecule has 1 unspecified atom stereocenters. The number of aromatic nitrogens is 2. The van der Waals surface area contributed by atoms with Gasteiger partial charge >= 0.3 is 5.97 Å². The van der Waals surface area contributed by atoms with Crippen LogP contribution in [0.4, 0.5) is 0 Å². The van der Waals surface area contributed by atoms with E-state index in [1.165, 1.54) is 19.1 Å². The summed E-state index contributed by atoms with van der Waals surface area (Å²) in [5.74, 6) is -1.27. The normalized spacial score (nSPS) is 11.8. The van der Waals surface area contributed by atoms with Gasteiger partial charge in [0.1, 0.15) is 6.54 Å². The summed E-state index contributed by atoms with van der Waals surface area (Å²) in [7, 11) is 0. The highest BCUT2D eigenvalue weighted by atomic mass is 16.5. The molecule has 0 spiro atoms. The zero-order chi connectivity index (χ0) is 20.1. The van der Waals surface area contributed by atoms with E-state index >= 15 is 0 Å². The summed E-state index contributed by atoms with van der Waals surface area (Å²) in [6.07, 6.45) is -1.04. The number of carbonyl (C=O) groups is 2. The largest absolute Gasteiger partial charge is 0.451 e. The fourth-order valence-corrected chi connectivity index (χ4v) is 2.70. The number of aromatic amines is 1. The molecule has 0 aliphatic carbocycles. The molecule has 1 aromatic heterocycles. The second kappa shape index (κ2) is 8.34. The molecule has 3 aromatic rings. The molecule has 8 heteroatoms. The van der Waals surface area contributed by atoms with E-state index in [0.717, 1.165) is 10.2 Å². The van der Waals surface area contributed by atoms with Crippen molar-refractivity contribution in [1.82, 2.24) is 15.1 Å².